The minimum atomic E-state index is -0.984. The van der Waals surface area contributed by atoms with Gasteiger partial charge in [0.1, 0.15) is 17.9 Å². The second-order valence-corrected chi connectivity index (χ2v) is 12.7. The normalized spacial score (nSPS) is 15.7. The molecule has 16 heteroatoms. The molecule has 0 unspecified atom stereocenters. The zero-order valence-electron chi connectivity index (χ0n) is 24.3. The Kier molecular flexibility index (Phi) is 11.0. The quantitative estimate of drug-likeness (QED) is 0.0451. The zero-order chi connectivity index (χ0) is 32.1. The highest BCUT2D eigenvalue weighted by Crippen LogP contribution is 2.33. The summed E-state index contributed by atoms with van der Waals surface area (Å²) in [5, 5.41) is 12.3. The van der Waals surface area contributed by atoms with E-state index in [-0.39, 0.29) is 24.8 Å². The van der Waals surface area contributed by atoms with Gasteiger partial charge in [0.25, 0.3) is 11.9 Å². The van der Waals surface area contributed by atoms with Crippen LogP contribution in [0.1, 0.15) is 47.2 Å². The van der Waals surface area contributed by atoms with Gasteiger partial charge in [-0.2, -0.15) is 0 Å². The first-order valence-electron chi connectivity index (χ1n) is 13.8. The molecule has 0 aliphatic carbocycles. The number of carbonyl (C=O) groups excluding carboxylic acids is 3. The summed E-state index contributed by atoms with van der Waals surface area (Å²) in [5.41, 5.74) is 12.6. The summed E-state index contributed by atoms with van der Waals surface area (Å²) in [6, 6.07) is 5.98. The second kappa shape index (κ2) is 14.5. The summed E-state index contributed by atoms with van der Waals surface area (Å²) < 4.78 is 6.53. The number of benzene rings is 2. The number of aromatic nitrogens is 2. The number of hydrazine groups is 1. The fourth-order valence-corrected chi connectivity index (χ4v) is 7.32. The molecule has 2 amide bonds. The number of hydrogen-bond acceptors (Lipinski definition) is 8. The molecule has 0 saturated carbocycles. The molecular weight excluding hydrogens is 798 g/mol. The van der Waals surface area contributed by atoms with E-state index >= 15 is 0 Å². The Bertz CT molecular complexity index is 1580. The van der Waals surface area contributed by atoms with Crippen LogP contribution in [0.4, 0.5) is 0 Å². The third-order valence-corrected chi connectivity index (χ3v) is 9.08. The van der Waals surface area contributed by atoms with Gasteiger partial charge in [-0.15, -0.1) is 0 Å². The highest BCUT2D eigenvalue weighted by Gasteiger charge is 2.36. The van der Waals surface area contributed by atoms with Crippen molar-refractivity contribution in [2.75, 3.05) is 20.2 Å². The summed E-state index contributed by atoms with van der Waals surface area (Å²) in [7, 11) is 1.21. The van der Waals surface area contributed by atoms with Gasteiger partial charge in [-0.25, -0.2) is 24.9 Å². The van der Waals surface area contributed by atoms with Crippen molar-refractivity contribution >= 4 is 80.0 Å². The fraction of sp³-hybridized carbons (Fsp3) is 0.393. The van der Waals surface area contributed by atoms with Crippen LogP contribution in [0.2, 0.25) is 0 Å². The number of fused-ring (bicyclic) bond motifs is 1. The van der Waals surface area contributed by atoms with Crippen LogP contribution in [0.3, 0.4) is 0 Å². The number of amides is 2. The Balaban J connectivity index is 1.47. The molecule has 5 N–H and O–H groups in total. The van der Waals surface area contributed by atoms with E-state index in [1.807, 2.05) is 13.0 Å². The van der Waals surface area contributed by atoms with Crippen LogP contribution < -0.4 is 16.5 Å². The summed E-state index contributed by atoms with van der Waals surface area (Å²) in [4.78, 5) is 63.4. The van der Waals surface area contributed by atoms with Crippen LogP contribution in [0.15, 0.2) is 29.3 Å². The summed E-state index contributed by atoms with van der Waals surface area (Å²) in [6.07, 6.45) is 1.53. The highest BCUT2D eigenvalue weighted by molar-refractivity contribution is 14.1. The Morgan fingerprint density at radius 1 is 1.23 bits per heavy atom. The maximum absolute atomic E-state index is 13.7. The number of nitro groups is 1. The molecule has 1 aromatic heterocycles. The predicted molar refractivity (Wildman–Crippen MR) is 180 cm³/mol. The lowest BCUT2D eigenvalue weighted by molar-refractivity contribution is -0.525. The zero-order valence-corrected chi connectivity index (χ0v) is 28.6. The fourth-order valence-electron chi connectivity index (χ4n) is 5.04. The number of halogens is 2. The van der Waals surface area contributed by atoms with Crippen LogP contribution >= 0.6 is 45.2 Å². The number of methoxy groups -OCH3 is 1. The molecule has 234 valence electrons. The highest BCUT2D eigenvalue weighted by atomic mass is 127. The summed E-state index contributed by atoms with van der Waals surface area (Å²) in [5.74, 6) is -1.04. The molecule has 1 fully saturated rings. The first kappa shape index (κ1) is 33.3. The van der Waals surface area contributed by atoms with E-state index in [4.69, 9.17) is 15.5 Å². The van der Waals surface area contributed by atoms with E-state index in [0.29, 0.717) is 37.2 Å². The first-order chi connectivity index (χ1) is 20.9. The van der Waals surface area contributed by atoms with Gasteiger partial charge < -0.3 is 25.7 Å². The molecule has 2 aromatic carbocycles. The Labute approximate surface area is 280 Å². The first-order valence-corrected chi connectivity index (χ1v) is 15.9. The van der Waals surface area contributed by atoms with Crippen molar-refractivity contribution in [2.24, 2.45) is 10.7 Å². The number of aliphatic imine (C=N–C) groups is 1. The molecule has 0 bridgehead atoms. The lowest BCUT2D eigenvalue weighted by Gasteiger charge is -2.26. The van der Waals surface area contributed by atoms with Gasteiger partial charge in [0, 0.05) is 31.4 Å². The molecule has 2 heterocycles. The predicted octanol–water partition coefficient (Wildman–Crippen LogP) is 3.19. The average Bonchev–Trinajstić information content (AvgIpc) is 3.60. The lowest BCUT2D eigenvalue weighted by atomic mass is 10.1. The summed E-state index contributed by atoms with van der Waals surface area (Å²) >= 11 is 4.40. The van der Waals surface area contributed by atoms with Gasteiger partial charge in [0.2, 0.25) is 5.91 Å². The number of nitrogens with zero attached hydrogens (tertiary/aromatic N) is 4. The topological polar surface area (TPSA) is 198 Å². The number of rotatable bonds is 10. The van der Waals surface area contributed by atoms with Crippen LogP contribution in [0.25, 0.3) is 22.4 Å². The van der Waals surface area contributed by atoms with Crippen molar-refractivity contribution in [1.82, 2.24) is 25.6 Å². The molecule has 4 rings (SSSR count). The monoisotopic (exact) mass is 830 g/mol. The third-order valence-electron chi connectivity index (χ3n) is 7.38. The minimum absolute atomic E-state index is 0.0880. The molecule has 0 radical (unpaired) electrons. The number of esters is 1. The van der Waals surface area contributed by atoms with Crippen LogP contribution in [-0.4, -0.2) is 75.9 Å². The lowest BCUT2D eigenvalue weighted by Crippen LogP contribution is -2.51. The Morgan fingerprint density at radius 3 is 2.57 bits per heavy atom. The van der Waals surface area contributed by atoms with Crippen molar-refractivity contribution in [3.63, 3.8) is 0 Å². The van der Waals surface area contributed by atoms with Crippen LogP contribution in [-0.2, 0) is 14.3 Å². The molecule has 1 saturated heterocycles. The standard InChI is InChI=1S/C28H32I2N8O6/c1-14-10-20-21(11-15(14)2)34-24(33-20)23-17(29)12-16(13-18(23)30)26(40)37-9-5-7-22(37)25(39)35-19(27(41)44-3)6-4-8-32-28(31)36-38(42)43/h10-13,19,22H,4-9H2,1-3H3,(H,33,34)(H,35,39)(H3,31,32,36)/t19-,22-/m0/s1. The number of nitrogens with one attached hydrogen (secondary N) is 3. The van der Waals surface area contributed by atoms with E-state index in [1.54, 1.807) is 17.6 Å². The second-order valence-electron chi connectivity index (χ2n) is 10.4. The minimum Gasteiger partial charge on any atom is -0.467 e. The number of aromatic amines is 1. The molecule has 1 aliphatic heterocycles. The van der Waals surface area contributed by atoms with Crippen LogP contribution in [0.5, 0.6) is 0 Å². The van der Waals surface area contributed by atoms with Gasteiger partial charge in [-0.05, 0) is 120 Å². The van der Waals surface area contributed by atoms with Gasteiger partial charge >= 0.3 is 5.97 Å². The summed E-state index contributed by atoms with van der Waals surface area (Å²) in [6.45, 7) is 4.59. The van der Waals surface area contributed by atoms with Crippen molar-refractivity contribution < 1.29 is 24.2 Å². The molecule has 2 atom stereocenters. The number of guanidine groups is 1. The van der Waals surface area contributed by atoms with Crippen molar-refractivity contribution in [2.45, 2.75) is 51.6 Å². The SMILES string of the molecule is COC(=O)[C@H](CCCN=C(N)N[N+](=O)[O-])NC(=O)[C@@H]1CCCN1C(=O)c1cc(I)c(-c2nc3cc(C)c(C)cc3[nH]2)c(I)c1. The molecular formula is C28H32I2N8O6. The van der Waals surface area contributed by atoms with E-state index in [1.165, 1.54) is 17.6 Å². The number of hydrogen-bond donors (Lipinski definition) is 4. The van der Waals surface area contributed by atoms with Gasteiger partial charge in [0.15, 0.2) is 5.03 Å². The van der Waals surface area contributed by atoms with E-state index < -0.39 is 29.0 Å². The molecule has 0 spiro atoms. The largest absolute Gasteiger partial charge is 0.467 e. The van der Waals surface area contributed by atoms with Crippen molar-refractivity contribution in [3.8, 4) is 11.4 Å². The van der Waals surface area contributed by atoms with Gasteiger partial charge in [-0.1, -0.05) is 5.43 Å². The maximum Gasteiger partial charge on any atom is 0.328 e. The molecule has 14 nitrogen and oxygen atoms in total. The number of carbonyl (C=O) groups is 3. The van der Waals surface area contributed by atoms with Crippen LogP contribution in [0, 0.1) is 31.1 Å². The van der Waals surface area contributed by atoms with Gasteiger partial charge in [0.05, 0.1) is 18.1 Å². The number of nitrogens with two attached hydrogens (primary N) is 1. The third kappa shape index (κ3) is 7.74. The number of ether oxygens (including phenoxy) is 1. The number of imidazole rings is 1. The Morgan fingerprint density at radius 2 is 1.91 bits per heavy atom. The smallest absolute Gasteiger partial charge is 0.328 e. The van der Waals surface area contributed by atoms with E-state index in [9.17, 15) is 24.5 Å². The van der Waals surface area contributed by atoms with Crippen molar-refractivity contribution in [1.29, 1.82) is 0 Å². The van der Waals surface area contributed by atoms with E-state index in [2.05, 4.69) is 73.5 Å². The molecule has 3 aromatic rings. The number of H-pyrrole nitrogens is 1. The molecule has 44 heavy (non-hydrogen) atoms. The average molecular weight is 830 g/mol. The van der Waals surface area contributed by atoms with E-state index in [0.717, 1.165) is 29.3 Å². The molecule has 1 aliphatic rings. The maximum atomic E-state index is 13.7. The van der Waals surface area contributed by atoms with Gasteiger partial charge in [-0.3, -0.25) is 9.59 Å². The number of aryl methyl sites for hydroxylation is 2. The Hall–Kier alpha value is -3.55. The van der Waals surface area contributed by atoms with Crippen molar-refractivity contribution in [3.05, 3.63) is 58.2 Å². The number of likely N-dealkylation sites (tertiary alicyclic amines) is 1.